The molecule has 0 saturated heterocycles. The van der Waals surface area contributed by atoms with Crippen molar-refractivity contribution in [3.8, 4) is 0 Å². The smallest absolute Gasteiger partial charge is 0.326 e. The third kappa shape index (κ3) is 7.60. The standard InChI is InChI=1S/C13H25N3O4/c1-7(2)5-9(16-13(14)20)11(17)15-10(12(18)19)6-8(3)4/h7-10H,5-6H2,1-4H3,(H,15,17)(H,18,19)(H3,14,16,20)/t9?,10-/m1/s1. The van der Waals surface area contributed by atoms with Gasteiger partial charge in [0.05, 0.1) is 0 Å². The van der Waals surface area contributed by atoms with E-state index in [1.165, 1.54) is 0 Å². The van der Waals surface area contributed by atoms with Crippen LogP contribution in [0, 0.1) is 11.8 Å². The van der Waals surface area contributed by atoms with Crippen LogP contribution in [0.1, 0.15) is 40.5 Å². The summed E-state index contributed by atoms with van der Waals surface area (Å²) in [7, 11) is 0. The molecule has 0 aromatic heterocycles. The van der Waals surface area contributed by atoms with E-state index in [0.29, 0.717) is 12.8 Å². The Bertz CT molecular complexity index is 356. The molecule has 7 nitrogen and oxygen atoms in total. The summed E-state index contributed by atoms with van der Waals surface area (Å²) in [4.78, 5) is 34.1. The highest BCUT2D eigenvalue weighted by Crippen LogP contribution is 2.08. The number of nitrogens with two attached hydrogens (primary N) is 1. The zero-order chi connectivity index (χ0) is 15.9. The van der Waals surface area contributed by atoms with Gasteiger partial charge in [-0.3, -0.25) is 4.79 Å². The summed E-state index contributed by atoms with van der Waals surface area (Å²) in [6, 6.07) is -2.59. The van der Waals surface area contributed by atoms with Crippen molar-refractivity contribution in [2.75, 3.05) is 0 Å². The number of amides is 3. The fraction of sp³-hybridized carbons (Fsp3) is 0.769. The normalized spacial score (nSPS) is 13.9. The summed E-state index contributed by atoms with van der Waals surface area (Å²) < 4.78 is 0. The topological polar surface area (TPSA) is 122 Å². The molecule has 0 rings (SSSR count). The number of urea groups is 1. The van der Waals surface area contributed by atoms with E-state index in [-0.39, 0.29) is 11.8 Å². The van der Waals surface area contributed by atoms with Crippen molar-refractivity contribution >= 4 is 17.9 Å². The van der Waals surface area contributed by atoms with Gasteiger partial charge in [0, 0.05) is 0 Å². The molecule has 0 aliphatic rings. The average Bonchev–Trinajstić information content (AvgIpc) is 2.24. The first kappa shape index (κ1) is 18.2. The second-order valence-corrected chi connectivity index (χ2v) is 5.72. The quantitative estimate of drug-likeness (QED) is 0.524. The van der Waals surface area contributed by atoms with Crippen molar-refractivity contribution in [1.82, 2.24) is 10.6 Å². The number of rotatable bonds is 8. The van der Waals surface area contributed by atoms with Gasteiger partial charge in [0.15, 0.2) is 0 Å². The average molecular weight is 287 g/mol. The Morgan fingerprint density at radius 3 is 1.75 bits per heavy atom. The van der Waals surface area contributed by atoms with Crippen LogP contribution in [-0.4, -0.2) is 35.1 Å². The summed E-state index contributed by atoms with van der Waals surface area (Å²) in [5, 5.41) is 13.9. The molecular weight excluding hydrogens is 262 g/mol. The van der Waals surface area contributed by atoms with Gasteiger partial charge in [-0.25, -0.2) is 9.59 Å². The van der Waals surface area contributed by atoms with Crippen molar-refractivity contribution in [2.24, 2.45) is 17.6 Å². The van der Waals surface area contributed by atoms with E-state index in [0.717, 1.165) is 0 Å². The van der Waals surface area contributed by atoms with Crippen molar-refractivity contribution < 1.29 is 19.5 Å². The van der Waals surface area contributed by atoms with Gasteiger partial charge >= 0.3 is 12.0 Å². The molecule has 0 saturated carbocycles. The van der Waals surface area contributed by atoms with Crippen molar-refractivity contribution in [1.29, 1.82) is 0 Å². The first-order chi connectivity index (χ1) is 9.13. The summed E-state index contributed by atoms with van der Waals surface area (Å²) >= 11 is 0. The van der Waals surface area contributed by atoms with Crippen LogP contribution in [-0.2, 0) is 9.59 Å². The Kier molecular flexibility index (Phi) is 7.64. The van der Waals surface area contributed by atoms with Crippen LogP contribution in [0.5, 0.6) is 0 Å². The van der Waals surface area contributed by atoms with Gasteiger partial charge in [0.25, 0.3) is 0 Å². The summed E-state index contributed by atoms with van der Waals surface area (Å²) in [6.45, 7) is 7.53. The third-order valence-corrected chi connectivity index (χ3v) is 2.66. The van der Waals surface area contributed by atoms with E-state index in [9.17, 15) is 14.4 Å². The number of primary amides is 1. The van der Waals surface area contributed by atoms with E-state index in [1.54, 1.807) is 0 Å². The molecule has 7 heteroatoms. The van der Waals surface area contributed by atoms with E-state index in [2.05, 4.69) is 10.6 Å². The largest absolute Gasteiger partial charge is 0.480 e. The number of hydrogen-bond acceptors (Lipinski definition) is 3. The lowest BCUT2D eigenvalue weighted by Gasteiger charge is -2.22. The predicted molar refractivity (Wildman–Crippen MR) is 75.0 cm³/mol. The van der Waals surface area contributed by atoms with Crippen molar-refractivity contribution in [3.05, 3.63) is 0 Å². The second kappa shape index (κ2) is 8.39. The van der Waals surface area contributed by atoms with Gasteiger partial charge in [-0.1, -0.05) is 27.7 Å². The van der Waals surface area contributed by atoms with E-state index in [1.807, 2.05) is 27.7 Å². The van der Waals surface area contributed by atoms with Gasteiger partial charge in [-0.05, 0) is 24.7 Å². The molecule has 0 aliphatic heterocycles. The molecule has 3 amide bonds. The highest BCUT2D eigenvalue weighted by molar-refractivity contribution is 5.89. The molecule has 0 spiro atoms. The number of aliphatic carboxylic acids is 1. The Hall–Kier alpha value is -1.79. The SMILES string of the molecule is CC(C)CC(NC(N)=O)C(=O)N[C@H](CC(C)C)C(=O)O. The molecule has 2 atom stereocenters. The zero-order valence-corrected chi connectivity index (χ0v) is 12.5. The molecule has 1 unspecified atom stereocenters. The molecule has 0 radical (unpaired) electrons. The van der Waals surface area contributed by atoms with Crippen LogP contribution in [0.4, 0.5) is 4.79 Å². The zero-order valence-electron chi connectivity index (χ0n) is 12.5. The number of carboxylic acid groups (broad SMARTS) is 1. The lowest BCUT2D eigenvalue weighted by atomic mass is 10.0. The van der Waals surface area contributed by atoms with Gasteiger partial charge in [0.1, 0.15) is 12.1 Å². The molecule has 0 heterocycles. The van der Waals surface area contributed by atoms with Crippen LogP contribution in [0.15, 0.2) is 0 Å². The highest BCUT2D eigenvalue weighted by Gasteiger charge is 2.27. The maximum atomic E-state index is 12.1. The number of carbonyl (C=O) groups is 3. The summed E-state index contributed by atoms with van der Waals surface area (Å²) in [6.07, 6.45) is 0.717. The van der Waals surface area contributed by atoms with E-state index < -0.39 is 30.0 Å². The maximum Gasteiger partial charge on any atom is 0.326 e. The minimum Gasteiger partial charge on any atom is -0.480 e. The fourth-order valence-electron chi connectivity index (χ4n) is 1.84. The second-order valence-electron chi connectivity index (χ2n) is 5.72. The highest BCUT2D eigenvalue weighted by atomic mass is 16.4. The van der Waals surface area contributed by atoms with Crippen LogP contribution in [0.3, 0.4) is 0 Å². The van der Waals surface area contributed by atoms with Gasteiger partial charge in [0.2, 0.25) is 5.91 Å². The minimum atomic E-state index is -1.09. The van der Waals surface area contributed by atoms with Crippen molar-refractivity contribution in [3.63, 3.8) is 0 Å². The molecular formula is C13H25N3O4. The van der Waals surface area contributed by atoms with E-state index >= 15 is 0 Å². The van der Waals surface area contributed by atoms with Crippen LogP contribution in [0.25, 0.3) is 0 Å². The first-order valence-corrected chi connectivity index (χ1v) is 6.72. The summed E-state index contributed by atoms with van der Waals surface area (Å²) in [5.41, 5.74) is 5.03. The lowest BCUT2D eigenvalue weighted by Crippen LogP contribution is -2.53. The number of hydrogen-bond donors (Lipinski definition) is 4. The molecule has 0 aromatic carbocycles. The summed E-state index contributed by atoms with van der Waals surface area (Å²) in [5.74, 6) is -1.32. The lowest BCUT2D eigenvalue weighted by molar-refractivity contribution is -0.142. The number of carboxylic acids is 1. The van der Waals surface area contributed by atoms with E-state index in [4.69, 9.17) is 10.8 Å². The Morgan fingerprint density at radius 2 is 1.40 bits per heavy atom. The molecule has 0 aromatic rings. The first-order valence-electron chi connectivity index (χ1n) is 6.72. The Morgan fingerprint density at radius 1 is 0.950 bits per heavy atom. The Labute approximate surface area is 119 Å². The molecule has 0 bridgehead atoms. The Balaban J connectivity index is 4.77. The maximum absolute atomic E-state index is 12.1. The van der Waals surface area contributed by atoms with Crippen LogP contribution < -0.4 is 16.4 Å². The van der Waals surface area contributed by atoms with Gasteiger partial charge in [-0.2, -0.15) is 0 Å². The third-order valence-electron chi connectivity index (χ3n) is 2.66. The molecule has 0 fully saturated rings. The van der Waals surface area contributed by atoms with Crippen molar-refractivity contribution in [2.45, 2.75) is 52.6 Å². The van der Waals surface area contributed by atoms with Gasteiger partial charge < -0.3 is 21.5 Å². The van der Waals surface area contributed by atoms with Crippen LogP contribution in [0.2, 0.25) is 0 Å². The predicted octanol–water partition coefficient (Wildman–Crippen LogP) is 0.685. The molecule has 0 aliphatic carbocycles. The van der Waals surface area contributed by atoms with Crippen LogP contribution >= 0.6 is 0 Å². The minimum absolute atomic E-state index is 0.129. The molecule has 5 N–H and O–H groups in total. The van der Waals surface area contributed by atoms with Gasteiger partial charge in [-0.15, -0.1) is 0 Å². The number of carbonyl (C=O) groups excluding carboxylic acids is 2. The fourth-order valence-corrected chi connectivity index (χ4v) is 1.84. The monoisotopic (exact) mass is 287 g/mol. The number of nitrogens with one attached hydrogen (secondary N) is 2. The molecule has 20 heavy (non-hydrogen) atoms. The molecule has 116 valence electrons.